The Morgan fingerprint density at radius 1 is 1.56 bits per heavy atom. The Morgan fingerprint density at radius 3 is 2.11 bits per heavy atom. The van der Waals surface area contributed by atoms with Crippen molar-refractivity contribution in [3.8, 4) is 6.07 Å². The van der Waals surface area contributed by atoms with Gasteiger partial charge in [-0.2, -0.15) is 5.26 Å². The molecule has 2 heteroatoms. The Labute approximate surface area is 56.4 Å². The number of ether oxygens (including phenoxy) is 1. The van der Waals surface area contributed by atoms with Gasteiger partial charge in [-0.05, 0) is 20.8 Å². The van der Waals surface area contributed by atoms with E-state index in [0.717, 1.165) is 0 Å². The zero-order chi connectivity index (χ0) is 7.49. The highest BCUT2D eigenvalue weighted by molar-refractivity contribution is 4.95. The highest BCUT2D eigenvalue weighted by atomic mass is 16.5. The molecule has 0 aromatic rings. The summed E-state index contributed by atoms with van der Waals surface area (Å²) in [6.07, 6.45) is 0.00231. The molecule has 0 amide bonds. The summed E-state index contributed by atoms with van der Waals surface area (Å²) in [6, 6.07) is 2.17. The molecular weight excluding hydrogens is 114 g/mol. The maximum atomic E-state index is 8.57. The summed E-state index contributed by atoms with van der Waals surface area (Å²) >= 11 is 0. The molecule has 1 atom stereocenters. The van der Waals surface area contributed by atoms with Gasteiger partial charge in [0.1, 0.15) is 0 Å². The Balaban J connectivity index is 4.01. The van der Waals surface area contributed by atoms with E-state index < -0.39 is 0 Å². The van der Waals surface area contributed by atoms with Gasteiger partial charge in [0.15, 0.2) is 0 Å². The summed E-state index contributed by atoms with van der Waals surface area (Å²) in [5, 5.41) is 8.57. The van der Waals surface area contributed by atoms with E-state index in [2.05, 4.69) is 6.07 Å². The Kier molecular flexibility index (Phi) is 2.66. The Hall–Kier alpha value is -0.550. The maximum absolute atomic E-state index is 8.57. The predicted molar refractivity (Wildman–Crippen MR) is 35.9 cm³/mol. The number of methoxy groups -OCH3 is 1. The predicted octanol–water partition coefficient (Wildman–Crippen LogP) is 1.57. The monoisotopic (exact) mass is 127 g/mol. The first-order valence-electron chi connectivity index (χ1n) is 2.98. The molecule has 0 aromatic carbocycles. The van der Waals surface area contributed by atoms with Gasteiger partial charge < -0.3 is 4.74 Å². The Bertz CT molecular complexity index is 123. The molecule has 0 spiro atoms. The quantitative estimate of drug-likeness (QED) is 0.564. The molecule has 1 unspecified atom stereocenters. The van der Waals surface area contributed by atoms with Crippen LogP contribution in [-0.2, 0) is 4.74 Å². The normalized spacial score (nSPS) is 14.6. The van der Waals surface area contributed by atoms with Crippen LogP contribution < -0.4 is 0 Å². The number of rotatable bonds is 2. The van der Waals surface area contributed by atoms with E-state index in [1.807, 2.05) is 20.8 Å². The van der Waals surface area contributed by atoms with Crippen LogP contribution >= 0.6 is 0 Å². The van der Waals surface area contributed by atoms with Crippen molar-refractivity contribution in [2.45, 2.75) is 26.9 Å². The van der Waals surface area contributed by atoms with Gasteiger partial charge in [0.05, 0.1) is 17.6 Å². The average molecular weight is 127 g/mol. The van der Waals surface area contributed by atoms with Gasteiger partial charge in [-0.15, -0.1) is 0 Å². The first kappa shape index (κ1) is 8.45. The van der Waals surface area contributed by atoms with E-state index in [1.165, 1.54) is 0 Å². The lowest BCUT2D eigenvalue weighted by atomic mass is 9.90. The molecular formula is C7H13NO. The van der Waals surface area contributed by atoms with Gasteiger partial charge in [-0.1, -0.05) is 0 Å². The third-order valence-corrected chi connectivity index (χ3v) is 1.66. The minimum atomic E-state index is -0.366. The first-order valence-corrected chi connectivity index (χ1v) is 2.98. The van der Waals surface area contributed by atoms with Gasteiger partial charge in [-0.3, -0.25) is 0 Å². The Morgan fingerprint density at radius 2 is 2.00 bits per heavy atom. The molecule has 0 aliphatic heterocycles. The van der Waals surface area contributed by atoms with Crippen LogP contribution in [0.15, 0.2) is 0 Å². The van der Waals surface area contributed by atoms with Crippen molar-refractivity contribution in [2.24, 2.45) is 5.41 Å². The largest absolute Gasteiger partial charge is 0.380 e. The highest BCUT2D eigenvalue weighted by Gasteiger charge is 2.24. The fourth-order valence-electron chi connectivity index (χ4n) is 0.386. The van der Waals surface area contributed by atoms with Crippen molar-refractivity contribution in [1.82, 2.24) is 0 Å². The zero-order valence-electron chi connectivity index (χ0n) is 6.43. The standard InChI is InChI=1S/C7H13NO/c1-6(9-4)7(2,3)5-8/h6H,1-4H3. The SMILES string of the molecule is COC(C)C(C)(C)C#N. The molecule has 0 radical (unpaired) electrons. The molecule has 9 heavy (non-hydrogen) atoms. The molecule has 0 aliphatic rings. The van der Waals surface area contributed by atoms with Crippen molar-refractivity contribution < 1.29 is 4.74 Å². The van der Waals surface area contributed by atoms with Crippen LogP contribution in [0.3, 0.4) is 0 Å². The number of nitrogens with zero attached hydrogens (tertiary/aromatic N) is 1. The summed E-state index contributed by atoms with van der Waals surface area (Å²) in [5.74, 6) is 0. The van der Waals surface area contributed by atoms with Gasteiger partial charge in [0.25, 0.3) is 0 Å². The van der Waals surface area contributed by atoms with Crippen LogP contribution in [0.4, 0.5) is 0 Å². The average Bonchev–Trinajstić information content (AvgIpc) is 1.86. The van der Waals surface area contributed by atoms with Crippen LogP contribution in [0.1, 0.15) is 20.8 Å². The highest BCUT2D eigenvalue weighted by Crippen LogP contribution is 2.20. The summed E-state index contributed by atoms with van der Waals surface area (Å²) < 4.78 is 4.98. The van der Waals surface area contributed by atoms with Gasteiger partial charge >= 0.3 is 0 Å². The third-order valence-electron chi connectivity index (χ3n) is 1.66. The fraction of sp³-hybridized carbons (Fsp3) is 0.857. The minimum absolute atomic E-state index is 0.00231. The van der Waals surface area contributed by atoms with Gasteiger partial charge in [-0.25, -0.2) is 0 Å². The molecule has 0 bridgehead atoms. The first-order chi connectivity index (χ1) is 4.04. The van der Waals surface area contributed by atoms with E-state index in [1.54, 1.807) is 7.11 Å². The number of nitriles is 1. The van der Waals surface area contributed by atoms with Crippen LogP contribution in [-0.4, -0.2) is 13.2 Å². The molecule has 0 N–H and O–H groups in total. The smallest absolute Gasteiger partial charge is 0.0776 e. The maximum Gasteiger partial charge on any atom is 0.0776 e. The van der Waals surface area contributed by atoms with E-state index in [-0.39, 0.29) is 11.5 Å². The second-order valence-electron chi connectivity index (χ2n) is 2.71. The number of hydrogen-bond acceptors (Lipinski definition) is 2. The molecule has 2 nitrogen and oxygen atoms in total. The second-order valence-corrected chi connectivity index (χ2v) is 2.71. The summed E-state index contributed by atoms with van der Waals surface area (Å²) in [5.41, 5.74) is -0.366. The summed E-state index contributed by atoms with van der Waals surface area (Å²) in [4.78, 5) is 0. The van der Waals surface area contributed by atoms with Crippen molar-refractivity contribution in [2.75, 3.05) is 7.11 Å². The van der Waals surface area contributed by atoms with Crippen molar-refractivity contribution in [3.63, 3.8) is 0 Å². The molecule has 0 aromatic heterocycles. The van der Waals surface area contributed by atoms with Crippen LogP contribution in [0, 0.1) is 16.7 Å². The van der Waals surface area contributed by atoms with Crippen LogP contribution in [0.25, 0.3) is 0 Å². The second kappa shape index (κ2) is 2.84. The fourth-order valence-corrected chi connectivity index (χ4v) is 0.386. The molecule has 0 fully saturated rings. The van der Waals surface area contributed by atoms with E-state index >= 15 is 0 Å². The summed E-state index contributed by atoms with van der Waals surface area (Å²) in [7, 11) is 1.61. The van der Waals surface area contributed by atoms with E-state index in [4.69, 9.17) is 10.00 Å². The zero-order valence-corrected chi connectivity index (χ0v) is 6.43. The van der Waals surface area contributed by atoms with Crippen molar-refractivity contribution >= 4 is 0 Å². The van der Waals surface area contributed by atoms with Gasteiger partial charge in [0.2, 0.25) is 0 Å². The van der Waals surface area contributed by atoms with Crippen LogP contribution in [0.2, 0.25) is 0 Å². The molecule has 0 saturated heterocycles. The molecule has 0 heterocycles. The third kappa shape index (κ3) is 2.03. The minimum Gasteiger partial charge on any atom is -0.380 e. The number of hydrogen-bond donors (Lipinski definition) is 0. The molecule has 0 saturated carbocycles. The van der Waals surface area contributed by atoms with E-state index in [0.29, 0.717) is 0 Å². The van der Waals surface area contributed by atoms with Crippen molar-refractivity contribution in [1.29, 1.82) is 5.26 Å². The molecule has 0 rings (SSSR count). The lowest BCUT2D eigenvalue weighted by molar-refractivity contribution is 0.0500. The van der Waals surface area contributed by atoms with Crippen molar-refractivity contribution in [3.05, 3.63) is 0 Å². The van der Waals surface area contributed by atoms with Crippen LogP contribution in [0.5, 0.6) is 0 Å². The van der Waals surface area contributed by atoms with E-state index in [9.17, 15) is 0 Å². The molecule has 0 aliphatic carbocycles. The lowest BCUT2D eigenvalue weighted by Gasteiger charge is -2.21. The summed E-state index contributed by atoms with van der Waals surface area (Å²) in [6.45, 7) is 5.62. The topological polar surface area (TPSA) is 33.0 Å². The lowest BCUT2D eigenvalue weighted by Crippen LogP contribution is -2.26. The van der Waals surface area contributed by atoms with Gasteiger partial charge in [0, 0.05) is 7.11 Å². The molecule has 52 valence electrons.